The first kappa shape index (κ1) is 27.1. The number of anilines is 1. The third-order valence-electron chi connectivity index (χ3n) is 6.68. The lowest BCUT2D eigenvalue weighted by Crippen LogP contribution is -2.49. The molecule has 6 nitrogen and oxygen atoms in total. The van der Waals surface area contributed by atoms with Gasteiger partial charge >= 0.3 is 6.18 Å². The Balaban J connectivity index is 1.60. The van der Waals surface area contributed by atoms with E-state index in [0.717, 1.165) is 34.4 Å². The molecular weight excluding hydrogens is 501 g/mol. The highest BCUT2D eigenvalue weighted by atomic mass is 32.2. The number of sulfonamides is 1. The largest absolute Gasteiger partial charge is 0.416 e. The Kier molecular flexibility index (Phi) is 7.36. The molecule has 0 radical (unpaired) electrons. The monoisotopic (exact) mass is 532 g/mol. The van der Waals surface area contributed by atoms with Gasteiger partial charge in [-0.2, -0.15) is 17.5 Å². The van der Waals surface area contributed by atoms with Crippen LogP contribution < -0.4 is 4.90 Å². The van der Waals surface area contributed by atoms with Crippen molar-refractivity contribution in [2.75, 3.05) is 31.1 Å². The zero-order valence-corrected chi connectivity index (χ0v) is 22.5. The van der Waals surface area contributed by atoms with Crippen LogP contribution >= 0.6 is 0 Å². The van der Waals surface area contributed by atoms with E-state index in [1.807, 2.05) is 44.7 Å². The Morgan fingerprint density at radius 3 is 2.11 bits per heavy atom. The lowest BCUT2D eigenvalue weighted by Gasteiger charge is -2.36. The molecule has 198 valence electrons. The summed E-state index contributed by atoms with van der Waals surface area (Å²) >= 11 is 0. The summed E-state index contributed by atoms with van der Waals surface area (Å²) in [7, 11) is -3.67. The fourth-order valence-electron chi connectivity index (χ4n) is 5.09. The summed E-state index contributed by atoms with van der Waals surface area (Å²) < 4.78 is 68.2. The number of halogens is 3. The summed E-state index contributed by atoms with van der Waals surface area (Å²) in [5.74, 6) is 1.20. The smallest absolute Gasteiger partial charge is 0.354 e. The number of piperazine rings is 1. The molecule has 0 amide bonds. The second-order valence-corrected chi connectivity index (χ2v) is 11.5. The minimum absolute atomic E-state index is 0.242. The van der Waals surface area contributed by atoms with Gasteiger partial charge in [-0.3, -0.25) is 0 Å². The van der Waals surface area contributed by atoms with Gasteiger partial charge in [-0.1, -0.05) is 35.9 Å². The van der Waals surface area contributed by atoms with E-state index in [0.29, 0.717) is 40.9 Å². The molecular formula is C27H31F3N4O2S. The van der Waals surface area contributed by atoms with Crippen LogP contribution in [0.3, 0.4) is 0 Å². The zero-order chi connectivity index (χ0) is 27.1. The van der Waals surface area contributed by atoms with E-state index >= 15 is 0 Å². The second-order valence-electron chi connectivity index (χ2n) is 9.65. The number of hydrogen-bond acceptors (Lipinski definition) is 5. The predicted octanol–water partition coefficient (Wildman–Crippen LogP) is 5.14. The summed E-state index contributed by atoms with van der Waals surface area (Å²) in [5, 5.41) is 0. The molecule has 4 rings (SSSR count). The van der Waals surface area contributed by atoms with Crippen molar-refractivity contribution < 1.29 is 21.6 Å². The standard InChI is InChI=1S/C27H31F3N4O2S/c1-17-13-18(2)25(19(3)14-17)37(35,36)34-11-9-33(10-12-34)26-24(20(4)31-21(5)32-26)16-22-7-6-8-23(15-22)27(28,29)30/h6-8,13-15H,9-12,16H2,1-5H3. The third kappa shape index (κ3) is 5.65. The number of benzene rings is 2. The van der Waals surface area contributed by atoms with Crippen LogP contribution in [0.2, 0.25) is 0 Å². The number of nitrogens with zero attached hydrogens (tertiary/aromatic N) is 4. The number of aryl methyl sites for hydroxylation is 5. The molecule has 0 atom stereocenters. The molecule has 3 aromatic rings. The van der Waals surface area contributed by atoms with E-state index in [9.17, 15) is 21.6 Å². The Bertz CT molecular complexity index is 1410. The van der Waals surface area contributed by atoms with Gasteiger partial charge in [0.05, 0.1) is 10.5 Å². The molecule has 2 aromatic carbocycles. The van der Waals surface area contributed by atoms with E-state index < -0.39 is 21.8 Å². The summed E-state index contributed by atoms with van der Waals surface area (Å²) in [4.78, 5) is 11.4. The van der Waals surface area contributed by atoms with Gasteiger partial charge in [0, 0.05) is 43.9 Å². The van der Waals surface area contributed by atoms with E-state index in [1.165, 1.54) is 10.4 Å². The minimum atomic E-state index is -4.42. The number of aromatic nitrogens is 2. The molecule has 37 heavy (non-hydrogen) atoms. The minimum Gasteiger partial charge on any atom is -0.354 e. The van der Waals surface area contributed by atoms with E-state index in [4.69, 9.17) is 0 Å². The normalized spacial score (nSPS) is 15.3. The molecule has 0 unspecified atom stereocenters. The van der Waals surface area contributed by atoms with Gasteiger partial charge in [-0.25, -0.2) is 18.4 Å². The van der Waals surface area contributed by atoms with Crippen molar-refractivity contribution >= 4 is 15.8 Å². The molecule has 1 fully saturated rings. The van der Waals surface area contributed by atoms with Gasteiger partial charge in [0.15, 0.2) is 0 Å². The molecule has 0 aliphatic carbocycles. The first-order valence-electron chi connectivity index (χ1n) is 12.1. The summed E-state index contributed by atoms with van der Waals surface area (Å²) in [6.45, 7) is 10.5. The first-order valence-corrected chi connectivity index (χ1v) is 13.5. The molecule has 0 N–H and O–H groups in total. The molecule has 0 saturated carbocycles. The molecule has 1 aliphatic heterocycles. The third-order valence-corrected chi connectivity index (χ3v) is 8.88. The maximum Gasteiger partial charge on any atom is 0.416 e. The molecule has 1 saturated heterocycles. The predicted molar refractivity (Wildman–Crippen MR) is 137 cm³/mol. The van der Waals surface area contributed by atoms with Crippen LogP contribution in [0.25, 0.3) is 0 Å². The number of alkyl halides is 3. The maximum atomic E-state index is 13.5. The molecule has 1 aliphatic rings. The van der Waals surface area contributed by atoms with Crippen molar-refractivity contribution in [3.8, 4) is 0 Å². The average molecular weight is 533 g/mol. The highest BCUT2D eigenvalue weighted by Crippen LogP contribution is 2.32. The van der Waals surface area contributed by atoms with Crippen molar-refractivity contribution in [3.05, 3.63) is 81.3 Å². The van der Waals surface area contributed by atoms with Crippen LogP contribution in [0.5, 0.6) is 0 Å². The summed E-state index contributed by atoms with van der Waals surface area (Å²) in [5.41, 5.74) is 3.72. The Morgan fingerprint density at radius 2 is 1.51 bits per heavy atom. The molecule has 0 spiro atoms. The number of rotatable bonds is 5. The van der Waals surface area contributed by atoms with Gasteiger partial charge in [-0.15, -0.1) is 0 Å². The average Bonchev–Trinajstić information content (AvgIpc) is 2.79. The number of hydrogen-bond donors (Lipinski definition) is 0. The van der Waals surface area contributed by atoms with Crippen molar-refractivity contribution in [3.63, 3.8) is 0 Å². The van der Waals surface area contributed by atoms with Crippen LogP contribution in [0.1, 0.15) is 44.9 Å². The van der Waals surface area contributed by atoms with Crippen LogP contribution in [0.4, 0.5) is 19.0 Å². The summed E-state index contributed by atoms with van der Waals surface area (Å²) in [6, 6.07) is 9.03. The van der Waals surface area contributed by atoms with Crippen molar-refractivity contribution in [2.45, 2.75) is 52.1 Å². The Labute approximate surface area is 216 Å². The lowest BCUT2D eigenvalue weighted by molar-refractivity contribution is -0.137. The first-order chi connectivity index (χ1) is 17.3. The van der Waals surface area contributed by atoms with Gasteiger partial charge in [0.25, 0.3) is 0 Å². The highest BCUT2D eigenvalue weighted by Gasteiger charge is 2.33. The van der Waals surface area contributed by atoms with E-state index in [1.54, 1.807) is 13.0 Å². The van der Waals surface area contributed by atoms with Crippen LogP contribution in [0, 0.1) is 34.6 Å². The lowest BCUT2D eigenvalue weighted by atomic mass is 10.0. The molecule has 0 bridgehead atoms. The van der Waals surface area contributed by atoms with E-state index in [2.05, 4.69) is 9.97 Å². The van der Waals surface area contributed by atoms with Gasteiger partial charge < -0.3 is 4.90 Å². The SMILES string of the molecule is Cc1cc(C)c(S(=O)(=O)N2CCN(c3nc(C)nc(C)c3Cc3cccc(C(F)(F)F)c3)CC2)c(C)c1. The Hall–Kier alpha value is -2.98. The maximum absolute atomic E-state index is 13.5. The van der Waals surface area contributed by atoms with Crippen molar-refractivity contribution in [2.24, 2.45) is 0 Å². The van der Waals surface area contributed by atoms with Crippen molar-refractivity contribution in [1.82, 2.24) is 14.3 Å². The highest BCUT2D eigenvalue weighted by molar-refractivity contribution is 7.89. The van der Waals surface area contributed by atoms with Gasteiger partial charge in [0.1, 0.15) is 11.6 Å². The molecule has 2 heterocycles. The summed E-state index contributed by atoms with van der Waals surface area (Å²) in [6.07, 6.45) is -4.18. The second kappa shape index (κ2) is 10.1. The topological polar surface area (TPSA) is 66.4 Å². The van der Waals surface area contributed by atoms with Gasteiger partial charge in [-0.05, 0) is 57.4 Å². The van der Waals surface area contributed by atoms with Crippen LogP contribution in [-0.2, 0) is 22.6 Å². The fourth-order valence-corrected chi connectivity index (χ4v) is 6.92. The molecule has 1 aromatic heterocycles. The van der Waals surface area contributed by atoms with Gasteiger partial charge in [0.2, 0.25) is 10.0 Å². The van der Waals surface area contributed by atoms with E-state index in [-0.39, 0.29) is 19.5 Å². The molecule has 10 heteroatoms. The fraction of sp³-hybridized carbons (Fsp3) is 0.407. The zero-order valence-electron chi connectivity index (χ0n) is 21.6. The Morgan fingerprint density at radius 1 is 0.892 bits per heavy atom. The quantitative estimate of drug-likeness (QED) is 0.455. The van der Waals surface area contributed by atoms with Crippen LogP contribution in [0.15, 0.2) is 41.3 Å². The van der Waals surface area contributed by atoms with Crippen LogP contribution in [-0.4, -0.2) is 48.9 Å². The van der Waals surface area contributed by atoms with Crippen molar-refractivity contribution in [1.29, 1.82) is 0 Å².